The molecule has 7 heteroatoms. The number of nitro groups is 1. The number of carboxylic acids is 1. The fourth-order valence-electron chi connectivity index (χ4n) is 1.49. The number of anilines is 1. The van der Waals surface area contributed by atoms with Crippen molar-refractivity contribution in [2.75, 3.05) is 5.32 Å². The van der Waals surface area contributed by atoms with Crippen LogP contribution in [-0.4, -0.2) is 27.0 Å². The topological polar surface area (TPSA) is 105 Å². The van der Waals surface area contributed by atoms with E-state index in [2.05, 4.69) is 10.3 Å². The van der Waals surface area contributed by atoms with Gasteiger partial charge < -0.3 is 10.4 Å². The highest BCUT2D eigenvalue weighted by molar-refractivity contribution is 5.69. The van der Waals surface area contributed by atoms with Crippen LogP contribution in [0, 0.1) is 16.0 Å². The Labute approximate surface area is 104 Å². The van der Waals surface area contributed by atoms with Gasteiger partial charge in [-0.2, -0.15) is 0 Å². The summed E-state index contributed by atoms with van der Waals surface area (Å²) in [4.78, 5) is 24.7. The Morgan fingerprint density at radius 3 is 2.78 bits per heavy atom. The number of carboxylic acid groups (broad SMARTS) is 1. The van der Waals surface area contributed by atoms with E-state index in [9.17, 15) is 14.9 Å². The maximum absolute atomic E-state index is 10.8. The number of hydrogen-bond acceptors (Lipinski definition) is 5. The standard InChI is InChI=1S/C11H15N3O4/c1-7(2)9(5-11(15)16)13-8-3-4-12-6-10(8)14(17)18/h3-4,6-7,9H,5H2,1-2H3,(H,12,13)(H,15,16). The summed E-state index contributed by atoms with van der Waals surface area (Å²) in [6, 6.07) is 1.10. The van der Waals surface area contributed by atoms with Crippen LogP contribution in [0.5, 0.6) is 0 Å². The Morgan fingerprint density at radius 2 is 2.28 bits per heavy atom. The van der Waals surface area contributed by atoms with Crippen molar-refractivity contribution < 1.29 is 14.8 Å². The molecular formula is C11H15N3O4. The van der Waals surface area contributed by atoms with Gasteiger partial charge in [-0.05, 0) is 12.0 Å². The van der Waals surface area contributed by atoms with E-state index in [4.69, 9.17) is 5.11 Å². The Hall–Kier alpha value is -2.18. The Kier molecular flexibility index (Phi) is 4.59. The van der Waals surface area contributed by atoms with E-state index < -0.39 is 10.9 Å². The monoisotopic (exact) mass is 253 g/mol. The smallest absolute Gasteiger partial charge is 0.310 e. The molecule has 0 bridgehead atoms. The molecule has 2 N–H and O–H groups in total. The van der Waals surface area contributed by atoms with Gasteiger partial charge >= 0.3 is 11.7 Å². The van der Waals surface area contributed by atoms with Crippen LogP contribution in [0.1, 0.15) is 20.3 Å². The van der Waals surface area contributed by atoms with Crippen LogP contribution in [0.2, 0.25) is 0 Å². The van der Waals surface area contributed by atoms with Gasteiger partial charge in [-0.15, -0.1) is 0 Å². The van der Waals surface area contributed by atoms with Crippen LogP contribution in [0.4, 0.5) is 11.4 Å². The second-order valence-corrected chi connectivity index (χ2v) is 4.24. The Morgan fingerprint density at radius 1 is 1.61 bits per heavy atom. The minimum Gasteiger partial charge on any atom is -0.481 e. The van der Waals surface area contributed by atoms with E-state index in [-0.39, 0.29) is 29.8 Å². The first-order chi connectivity index (χ1) is 8.41. The molecule has 0 spiro atoms. The fourth-order valence-corrected chi connectivity index (χ4v) is 1.49. The molecule has 1 unspecified atom stereocenters. The highest BCUT2D eigenvalue weighted by Gasteiger charge is 2.21. The average Bonchev–Trinajstić information content (AvgIpc) is 2.27. The van der Waals surface area contributed by atoms with Gasteiger partial charge in [0.1, 0.15) is 11.9 Å². The molecule has 0 aliphatic carbocycles. The summed E-state index contributed by atoms with van der Waals surface area (Å²) in [6.45, 7) is 3.71. The molecule has 1 atom stereocenters. The van der Waals surface area contributed by atoms with E-state index in [1.54, 1.807) is 0 Å². The van der Waals surface area contributed by atoms with Gasteiger partial charge in [0.25, 0.3) is 0 Å². The quantitative estimate of drug-likeness (QED) is 0.592. The van der Waals surface area contributed by atoms with E-state index in [1.807, 2.05) is 13.8 Å². The number of aromatic nitrogens is 1. The second kappa shape index (κ2) is 5.95. The molecule has 0 aliphatic rings. The number of nitrogens with zero attached hydrogens (tertiary/aromatic N) is 2. The van der Waals surface area contributed by atoms with Gasteiger partial charge in [0, 0.05) is 12.2 Å². The average molecular weight is 253 g/mol. The van der Waals surface area contributed by atoms with Crippen LogP contribution < -0.4 is 5.32 Å². The molecule has 0 aliphatic heterocycles. The molecule has 0 amide bonds. The summed E-state index contributed by atoms with van der Waals surface area (Å²) >= 11 is 0. The number of rotatable bonds is 6. The summed E-state index contributed by atoms with van der Waals surface area (Å²) in [5, 5.41) is 22.5. The highest BCUT2D eigenvalue weighted by Crippen LogP contribution is 2.24. The van der Waals surface area contributed by atoms with Gasteiger partial charge in [0.05, 0.1) is 11.3 Å². The van der Waals surface area contributed by atoms with E-state index >= 15 is 0 Å². The van der Waals surface area contributed by atoms with Crippen molar-refractivity contribution >= 4 is 17.3 Å². The molecule has 1 aromatic rings. The highest BCUT2D eigenvalue weighted by atomic mass is 16.6. The van der Waals surface area contributed by atoms with Gasteiger partial charge in [-0.1, -0.05) is 13.8 Å². The molecule has 0 radical (unpaired) electrons. The van der Waals surface area contributed by atoms with Crippen LogP contribution in [0.15, 0.2) is 18.5 Å². The van der Waals surface area contributed by atoms with Crippen LogP contribution >= 0.6 is 0 Å². The molecule has 98 valence electrons. The predicted molar refractivity (Wildman–Crippen MR) is 65.4 cm³/mol. The second-order valence-electron chi connectivity index (χ2n) is 4.24. The zero-order chi connectivity index (χ0) is 13.7. The van der Waals surface area contributed by atoms with Crippen LogP contribution in [0.3, 0.4) is 0 Å². The van der Waals surface area contributed by atoms with Crippen molar-refractivity contribution in [3.8, 4) is 0 Å². The third-order valence-corrected chi connectivity index (χ3v) is 2.54. The zero-order valence-electron chi connectivity index (χ0n) is 10.2. The minimum absolute atomic E-state index is 0.0360. The van der Waals surface area contributed by atoms with Crippen molar-refractivity contribution in [3.63, 3.8) is 0 Å². The van der Waals surface area contributed by atoms with Gasteiger partial charge in [-0.25, -0.2) is 0 Å². The predicted octanol–water partition coefficient (Wildman–Crippen LogP) is 1.90. The summed E-state index contributed by atoms with van der Waals surface area (Å²) in [6.07, 6.45) is 2.46. The number of hydrogen-bond donors (Lipinski definition) is 2. The molecule has 0 aromatic carbocycles. The minimum atomic E-state index is -0.946. The summed E-state index contributed by atoms with van der Waals surface area (Å²) in [5.74, 6) is -0.910. The van der Waals surface area contributed by atoms with Crippen LogP contribution in [0.25, 0.3) is 0 Å². The van der Waals surface area contributed by atoms with Gasteiger partial charge in [0.15, 0.2) is 0 Å². The lowest BCUT2D eigenvalue weighted by molar-refractivity contribution is -0.384. The van der Waals surface area contributed by atoms with Crippen molar-refractivity contribution in [2.24, 2.45) is 5.92 Å². The maximum Gasteiger partial charge on any atom is 0.310 e. The van der Waals surface area contributed by atoms with E-state index in [1.165, 1.54) is 12.3 Å². The molecule has 1 heterocycles. The maximum atomic E-state index is 10.8. The lowest BCUT2D eigenvalue weighted by atomic mass is 10.0. The summed E-state index contributed by atoms with van der Waals surface area (Å²) in [5.41, 5.74) is 0.128. The lowest BCUT2D eigenvalue weighted by Crippen LogP contribution is -2.28. The van der Waals surface area contributed by atoms with Crippen molar-refractivity contribution in [3.05, 3.63) is 28.6 Å². The Balaban J connectivity index is 2.93. The number of pyridine rings is 1. The van der Waals surface area contributed by atoms with E-state index in [0.717, 1.165) is 6.20 Å². The van der Waals surface area contributed by atoms with E-state index in [0.29, 0.717) is 0 Å². The molecular weight excluding hydrogens is 238 g/mol. The van der Waals surface area contributed by atoms with Crippen molar-refractivity contribution in [1.29, 1.82) is 0 Å². The van der Waals surface area contributed by atoms with Gasteiger partial charge in [-0.3, -0.25) is 19.9 Å². The molecule has 0 saturated heterocycles. The first-order valence-electron chi connectivity index (χ1n) is 5.48. The zero-order valence-corrected chi connectivity index (χ0v) is 10.2. The first kappa shape index (κ1) is 13.9. The molecule has 1 rings (SSSR count). The van der Waals surface area contributed by atoms with Crippen molar-refractivity contribution in [2.45, 2.75) is 26.3 Å². The lowest BCUT2D eigenvalue weighted by Gasteiger charge is -2.21. The number of carbonyl (C=O) groups is 1. The molecule has 0 saturated carbocycles. The molecule has 1 aromatic heterocycles. The van der Waals surface area contributed by atoms with Crippen molar-refractivity contribution in [1.82, 2.24) is 4.98 Å². The molecule has 18 heavy (non-hydrogen) atoms. The summed E-state index contributed by atoms with van der Waals surface area (Å²) < 4.78 is 0. The SMILES string of the molecule is CC(C)C(CC(=O)O)Nc1ccncc1[N+](=O)[O-]. The first-order valence-corrected chi connectivity index (χ1v) is 5.48. The largest absolute Gasteiger partial charge is 0.481 e. The third kappa shape index (κ3) is 3.69. The number of aliphatic carboxylic acids is 1. The van der Waals surface area contributed by atoms with Crippen LogP contribution in [-0.2, 0) is 4.79 Å². The molecule has 0 fully saturated rings. The fraction of sp³-hybridized carbons (Fsp3) is 0.455. The Bertz CT molecular complexity index is 448. The van der Waals surface area contributed by atoms with Gasteiger partial charge in [0.2, 0.25) is 0 Å². The summed E-state index contributed by atoms with van der Waals surface area (Å²) in [7, 11) is 0. The number of nitrogens with one attached hydrogen (secondary N) is 1. The molecule has 7 nitrogen and oxygen atoms in total. The normalized spacial score (nSPS) is 12.2. The third-order valence-electron chi connectivity index (χ3n) is 2.54.